The van der Waals surface area contributed by atoms with Crippen molar-refractivity contribution in [1.82, 2.24) is 0 Å². The molecule has 41 heavy (non-hydrogen) atoms. The van der Waals surface area contributed by atoms with Gasteiger partial charge in [0.1, 0.15) is 0 Å². The molecule has 0 aromatic heterocycles. The van der Waals surface area contributed by atoms with E-state index in [4.69, 9.17) is 0 Å². The first-order valence-corrected chi connectivity index (χ1v) is 13.5. The summed E-state index contributed by atoms with van der Waals surface area (Å²) in [5, 5.41) is 31.2. The molecular weight excluding hydrogens is 504 g/mol. The van der Waals surface area contributed by atoms with Gasteiger partial charge in [-0.25, -0.2) is 0 Å². The highest BCUT2D eigenvalue weighted by Gasteiger charge is 2.08. The topological polar surface area (TPSA) is 74.2 Å². The van der Waals surface area contributed by atoms with Crippen molar-refractivity contribution in [2.24, 2.45) is 30.7 Å². The zero-order valence-electron chi connectivity index (χ0n) is 23.2. The Hall–Kier alpha value is -5.36. The van der Waals surface area contributed by atoms with E-state index in [1.807, 2.05) is 116 Å². The minimum atomic E-state index is 0.762. The van der Waals surface area contributed by atoms with E-state index in [0.717, 1.165) is 61.2 Å². The fraction of sp³-hybridized carbons (Fsp3) is 0.0857. The van der Waals surface area contributed by atoms with Crippen LogP contribution >= 0.6 is 0 Å². The Bertz CT molecular complexity index is 1970. The monoisotopic (exact) mass is 532 g/mol. The lowest BCUT2D eigenvalue weighted by Crippen LogP contribution is -1.78. The van der Waals surface area contributed by atoms with Crippen molar-refractivity contribution in [3.63, 3.8) is 0 Å². The van der Waals surface area contributed by atoms with Crippen LogP contribution in [0.3, 0.4) is 0 Å². The van der Waals surface area contributed by atoms with Crippen LogP contribution in [0.15, 0.2) is 146 Å². The van der Waals surface area contributed by atoms with E-state index in [9.17, 15) is 0 Å². The van der Waals surface area contributed by atoms with Gasteiger partial charge in [-0.2, -0.15) is 10.2 Å². The Labute approximate surface area is 238 Å². The van der Waals surface area contributed by atoms with Crippen molar-refractivity contribution in [3.8, 4) is 0 Å². The highest BCUT2D eigenvalue weighted by Crippen LogP contribution is 2.38. The van der Waals surface area contributed by atoms with Crippen LogP contribution in [0.25, 0.3) is 21.5 Å². The lowest BCUT2D eigenvalue weighted by atomic mass is 10.1. The number of hydrogen-bond donors (Lipinski definition) is 0. The van der Waals surface area contributed by atoms with E-state index in [1.54, 1.807) is 0 Å². The summed E-state index contributed by atoms with van der Waals surface area (Å²) in [4.78, 5) is 0. The molecule has 6 aromatic rings. The second-order valence-electron chi connectivity index (χ2n) is 10.0. The van der Waals surface area contributed by atoms with Crippen molar-refractivity contribution in [1.29, 1.82) is 0 Å². The number of benzene rings is 6. The molecule has 6 aromatic carbocycles. The molecule has 0 heterocycles. The number of aryl methyl sites for hydroxylation is 3. The van der Waals surface area contributed by atoms with Gasteiger partial charge in [-0.3, -0.25) is 0 Å². The van der Waals surface area contributed by atoms with Gasteiger partial charge < -0.3 is 0 Å². The van der Waals surface area contributed by atoms with E-state index in [0.29, 0.717) is 0 Å². The molecule has 6 rings (SSSR count). The summed E-state index contributed by atoms with van der Waals surface area (Å²) in [5.74, 6) is 0. The molecule has 0 saturated heterocycles. The number of fused-ring (bicyclic) bond motifs is 2. The van der Waals surface area contributed by atoms with E-state index < -0.39 is 0 Å². The van der Waals surface area contributed by atoms with E-state index in [2.05, 4.69) is 50.6 Å². The average Bonchev–Trinajstić information content (AvgIpc) is 3.00. The standard InChI is InChI=1S/C35H28N6/c1-23-12-15-26(16-13-23)36-38-32-18-19-34(28-9-5-4-8-27(28)32)40-41-35-21-20-33(29-10-6-7-11-30(29)35)39-37-31-17-14-24(2)22-25(31)3/h4-22H,1-3H3. The molecule has 0 aliphatic rings. The van der Waals surface area contributed by atoms with Gasteiger partial charge in [0.05, 0.1) is 34.1 Å². The van der Waals surface area contributed by atoms with Crippen molar-refractivity contribution in [2.45, 2.75) is 20.8 Å². The first-order chi connectivity index (χ1) is 20.0. The summed E-state index contributed by atoms with van der Waals surface area (Å²) in [6.45, 7) is 6.17. The van der Waals surface area contributed by atoms with Crippen LogP contribution in [0.4, 0.5) is 34.1 Å². The molecule has 0 atom stereocenters. The third-order valence-electron chi connectivity index (χ3n) is 6.95. The van der Waals surface area contributed by atoms with Gasteiger partial charge >= 0.3 is 0 Å². The van der Waals surface area contributed by atoms with Crippen LogP contribution in [-0.2, 0) is 0 Å². The van der Waals surface area contributed by atoms with E-state index >= 15 is 0 Å². The molecule has 6 heteroatoms. The Balaban J connectivity index is 1.33. The molecule has 6 nitrogen and oxygen atoms in total. The normalized spacial score (nSPS) is 12.0. The smallest absolute Gasteiger partial charge is 0.0936 e. The maximum absolute atomic E-state index is 4.67. The van der Waals surface area contributed by atoms with E-state index in [-0.39, 0.29) is 0 Å². The fourth-order valence-corrected chi connectivity index (χ4v) is 4.74. The molecule has 0 unspecified atom stereocenters. The predicted octanol–water partition coefficient (Wildman–Crippen LogP) is 12.2. The summed E-state index contributed by atoms with van der Waals surface area (Å²) in [6, 6.07) is 38.0. The number of azo groups is 3. The van der Waals surface area contributed by atoms with Crippen molar-refractivity contribution >= 4 is 55.7 Å². The van der Waals surface area contributed by atoms with Gasteiger partial charge in [-0.1, -0.05) is 83.9 Å². The Kier molecular flexibility index (Phi) is 7.20. The molecule has 0 aliphatic heterocycles. The summed E-state index contributed by atoms with van der Waals surface area (Å²) in [5.41, 5.74) is 8.25. The lowest BCUT2D eigenvalue weighted by molar-refractivity contribution is 1.20. The molecule has 0 aliphatic carbocycles. The molecule has 0 spiro atoms. The SMILES string of the molecule is Cc1ccc(N=Nc2ccc(N=Nc3ccc(N=Nc4ccc(C)cc4C)c4ccccc34)c3ccccc23)cc1. The van der Waals surface area contributed by atoms with Gasteiger partial charge in [-0.05, 0) is 68.8 Å². The molecule has 198 valence electrons. The van der Waals surface area contributed by atoms with Gasteiger partial charge in [0, 0.05) is 21.5 Å². The maximum atomic E-state index is 4.67. The summed E-state index contributed by atoms with van der Waals surface area (Å²) in [6.07, 6.45) is 0. The second kappa shape index (κ2) is 11.4. The lowest BCUT2D eigenvalue weighted by Gasteiger charge is -2.06. The quantitative estimate of drug-likeness (QED) is 0.191. The van der Waals surface area contributed by atoms with Crippen LogP contribution in [0.2, 0.25) is 0 Å². The largest absolute Gasteiger partial charge is 0.151 e. The summed E-state index contributed by atoms with van der Waals surface area (Å²) >= 11 is 0. The van der Waals surface area contributed by atoms with Crippen molar-refractivity contribution in [3.05, 3.63) is 132 Å². The molecule has 0 fully saturated rings. The fourth-order valence-electron chi connectivity index (χ4n) is 4.74. The van der Waals surface area contributed by atoms with Gasteiger partial charge in [0.2, 0.25) is 0 Å². The van der Waals surface area contributed by atoms with Crippen LogP contribution in [0.1, 0.15) is 16.7 Å². The zero-order chi connectivity index (χ0) is 28.2. The van der Waals surface area contributed by atoms with Gasteiger partial charge in [0.15, 0.2) is 0 Å². The third-order valence-corrected chi connectivity index (χ3v) is 6.95. The summed E-state index contributed by atoms with van der Waals surface area (Å²) < 4.78 is 0. The van der Waals surface area contributed by atoms with Gasteiger partial charge in [0.25, 0.3) is 0 Å². The molecule has 0 saturated carbocycles. The highest BCUT2D eigenvalue weighted by molar-refractivity contribution is 6.01. The Morgan fingerprint density at radius 1 is 0.341 bits per heavy atom. The van der Waals surface area contributed by atoms with Crippen LogP contribution < -0.4 is 0 Å². The summed E-state index contributed by atoms with van der Waals surface area (Å²) in [7, 11) is 0. The number of hydrogen-bond acceptors (Lipinski definition) is 6. The third kappa shape index (κ3) is 5.68. The zero-order valence-corrected chi connectivity index (χ0v) is 23.2. The minimum Gasteiger partial charge on any atom is -0.151 e. The average molecular weight is 533 g/mol. The van der Waals surface area contributed by atoms with Crippen LogP contribution in [0, 0.1) is 20.8 Å². The molecule has 0 amide bonds. The number of rotatable bonds is 6. The predicted molar refractivity (Wildman–Crippen MR) is 168 cm³/mol. The Morgan fingerprint density at radius 2 is 0.707 bits per heavy atom. The minimum absolute atomic E-state index is 0.762. The second-order valence-corrected chi connectivity index (χ2v) is 10.0. The Morgan fingerprint density at radius 3 is 1.15 bits per heavy atom. The first kappa shape index (κ1) is 25.9. The van der Waals surface area contributed by atoms with Crippen molar-refractivity contribution in [2.75, 3.05) is 0 Å². The maximum Gasteiger partial charge on any atom is 0.0936 e. The molecule has 0 bridgehead atoms. The van der Waals surface area contributed by atoms with E-state index in [1.165, 1.54) is 11.1 Å². The van der Waals surface area contributed by atoms with Crippen LogP contribution in [0.5, 0.6) is 0 Å². The first-order valence-electron chi connectivity index (χ1n) is 13.5. The molecule has 0 N–H and O–H groups in total. The molecule has 0 radical (unpaired) electrons. The highest BCUT2D eigenvalue weighted by atomic mass is 15.1. The van der Waals surface area contributed by atoms with Gasteiger partial charge in [-0.15, -0.1) is 20.5 Å². The van der Waals surface area contributed by atoms with Crippen LogP contribution in [-0.4, -0.2) is 0 Å². The van der Waals surface area contributed by atoms with Crippen molar-refractivity contribution < 1.29 is 0 Å². The number of nitrogens with zero attached hydrogens (tertiary/aromatic N) is 6. The molecular formula is C35H28N6.